The number of fused-ring (bicyclic) bond motifs is 5. The summed E-state index contributed by atoms with van der Waals surface area (Å²) in [6.07, 6.45) is 0. The van der Waals surface area contributed by atoms with Gasteiger partial charge in [-0.15, -0.1) is 0 Å². The van der Waals surface area contributed by atoms with Gasteiger partial charge in [0.15, 0.2) is 34.9 Å². The van der Waals surface area contributed by atoms with Crippen LogP contribution >= 0.6 is 0 Å². The van der Waals surface area contributed by atoms with Crippen molar-refractivity contribution in [3.05, 3.63) is 364 Å². The van der Waals surface area contributed by atoms with Gasteiger partial charge >= 0.3 is 0 Å². The molecule has 98 heavy (non-hydrogen) atoms. The highest BCUT2D eigenvalue weighted by Gasteiger charge is 2.17. The first kappa shape index (κ1) is 49.4. The van der Waals surface area contributed by atoms with E-state index in [0.29, 0.717) is 34.4 Å². The second-order valence-corrected chi connectivity index (χ2v) is 24.0. The maximum absolute atomic E-state index is 9.47. The topological polar surface area (TPSA) is 77.3 Å². The van der Waals surface area contributed by atoms with E-state index in [9.17, 15) is 1.37 Å². The first-order chi connectivity index (χ1) is 52.2. The summed E-state index contributed by atoms with van der Waals surface area (Å²) >= 11 is 0. The zero-order valence-electron chi connectivity index (χ0n) is 61.6. The molecule has 0 aliphatic rings. The first-order valence-corrected chi connectivity index (χ1v) is 32.3. The van der Waals surface area contributed by atoms with Crippen LogP contribution in [-0.4, -0.2) is 29.9 Å². The lowest BCUT2D eigenvalue weighted by Gasteiger charge is -2.11. The Bertz CT molecular complexity index is 6550. The Morgan fingerprint density at radius 3 is 0.878 bits per heavy atom. The average Bonchev–Trinajstić information content (AvgIpc) is 0.755. The van der Waals surface area contributed by atoms with Crippen molar-refractivity contribution in [2.45, 2.75) is 0 Å². The normalized spacial score (nSPS) is 12.6. The molecule has 0 bridgehead atoms. The fourth-order valence-electron chi connectivity index (χ4n) is 12.6. The average molecular weight is 1260 g/mol. The van der Waals surface area contributed by atoms with Gasteiger partial charge in [-0.05, 0) is 164 Å². The molecular formula is C92H60N6. The van der Waals surface area contributed by atoms with Crippen molar-refractivity contribution in [3.8, 4) is 124 Å². The van der Waals surface area contributed by atoms with Gasteiger partial charge in [-0.25, -0.2) is 29.9 Å². The van der Waals surface area contributed by atoms with Crippen LogP contribution in [0.2, 0.25) is 0 Å². The zero-order chi connectivity index (χ0) is 73.0. The predicted octanol–water partition coefficient (Wildman–Crippen LogP) is 23.8. The quantitative estimate of drug-likeness (QED) is 0.128. The van der Waals surface area contributed by atoms with E-state index in [-0.39, 0.29) is 64.6 Å². The molecule has 0 amide bonds. The summed E-state index contributed by atoms with van der Waals surface area (Å²) in [4.78, 5) is 28.8. The number of benzene rings is 16. The summed E-state index contributed by atoms with van der Waals surface area (Å²) in [7, 11) is 0. The van der Waals surface area contributed by atoms with Crippen molar-refractivity contribution < 1.29 is 12.3 Å². The minimum atomic E-state index is -0.472. The number of hydrogen-bond donors (Lipinski definition) is 0. The van der Waals surface area contributed by atoms with Gasteiger partial charge in [0.2, 0.25) is 0 Å². The van der Waals surface area contributed by atoms with Crippen LogP contribution in [0.5, 0.6) is 0 Å². The minimum Gasteiger partial charge on any atom is -0.208 e. The largest absolute Gasteiger partial charge is 0.208 e. The molecule has 0 aliphatic heterocycles. The van der Waals surface area contributed by atoms with E-state index in [1.165, 1.54) is 27.1 Å². The van der Waals surface area contributed by atoms with Crippen molar-refractivity contribution >= 4 is 53.9 Å². The lowest BCUT2D eigenvalue weighted by Crippen LogP contribution is -2.00. The number of rotatable bonds is 11. The van der Waals surface area contributed by atoms with Crippen molar-refractivity contribution in [1.82, 2.24) is 29.9 Å². The standard InChI is InChI=1S/C47H31N3.C45H29N3/c1-3-10-32(11-4-1)34-18-21-36(22-19-34)46-48-45(35-13-5-2-6-14-35)49-47(50-46)44-17-9-16-38(31-44)39-24-25-43-30-42(27-26-41(43)29-39)40-23-20-33-12-7-8-15-37(33)28-40;1-2-11-32(12-3-1)43-46-44(48-45(47-43)42-24-18-31-10-5-7-14-34(31)28-42)41-16-8-15-35(29-41)36-20-21-40-27-39(23-22-38(40)26-36)37-19-17-30-9-4-6-13-33(30)25-37/h1-31H;1-29H/i9D,16D,17D,31D;1D,2D,3D,11D,12D. The highest BCUT2D eigenvalue weighted by Crippen LogP contribution is 2.37. The fraction of sp³-hybridized carbons (Fsp3) is 0. The Balaban J connectivity index is 0.000000157. The van der Waals surface area contributed by atoms with Gasteiger partial charge in [-0.3, -0.25) is 0 Å². The molecule has 6 nitrogen and oxygen atoms in total. The van der Waals surface area contributed by atoms with Crippen LogP contribution in [0.15, 0.2) is 364 Å². The maximum atomic E-state index is 9.47. The van der Waals surface area contributed by atoms with E-state index in [4.69, 9.17) is 40.9 Å². The van der Waals surface area contributed by atoms with Crippen LogP contribution in [0.25, 0.3) is 178 Å². The number of hydrogen-bond acceptors (Lipinski definition) is 6. The summed E-state index contributed by atoms with van der Waals surface area (Å²) in [5.74, 6) is 1.55. The molecule has 18 rings (SSSR count). The second kappa shape index (κ2) is 26.0. The number of nitrogens with zero attached hydrogens (tertiary/aromatic N) is 6. The molecule has 0 fully saturated rings. The van der Waals surface area contributed by atoms with Gasteiger partial charge in [0.25, 0.3) is 0 Å². The van der Waals surface area contributed by atoms with Crippen molar-refractivity contribution in [2.75, 3.05) is 0 Å². The number of aromatic nitrogens is 6. The third-order valence-corrected chi connectivity index (χ3v) is 17.7. The molecule has 0 unspecified atom stereocenters. The lowest BCUT2D eigenvalue weighted by atomic mass is 9.96. The van der Waals surface area contributed by atoms with E-state index in [0.717, 1.165) is 88.0 Å². The van der Waals surface area contributed by atoms with Gasteiger partial charge < -0.3 is 0 Å². The third-order valence-electron chi connectivity index (χ3n) is 17.7. The molecule has 0 aliphatic carbocycles. The molecule has 18 aromatic rings. The van der Waals surface area contributed by atoms with Crippen molar-refractivity contribution in [2.24, 2.45) is 0 Å². The summed E-state index contributed by atoms with van der Waals surface area (Å²) in [5, 5.41) is 11.1. The first-order valence-electron chi connectivity index (χ1n) is 36.8. The van der Waals surface area contributed by atoms with E-state index in [1.54, 1.807) is 0 Å². The maximum Gasteiger partial charge on any atom is 0.164 e. The zero-order valence-corrected chi connectivity index (χ0v) is 52.6. The summed E-state index contributed by atoms with van der Waals surface area (Å²) < 4.78 is 78.3. The van der Waals surface area contributed by atoms with Crippen LogP contribution in [0.3, 0.4) is 0 Å². The van der Waals surface area contributed by atoms with Crippen LogP contribution in [0.1, 0.15) is 12.3 Å². The molecule has 0 spiro atoms. The fourth-order valence-corrected chi connectivity index (χ4v) is 12.6. The van der Waals surface area contributed by atoms with Crippen LogP contribution in [0.4, 0.5) is 0 Å². The SMILES string of the molecule is [2H]c1c([2H])c(-c2ccc3cc(-c4ccc5ccccc5c4)ccc3c2)c([2H])c(-c2nc(-c3ccccc3)nc(-c3ccc(-c4ccccc4)cc3)n2)c1[2H].[2H]c1c([2H])c([2H])c(-c2nc(-c3cccc(-c4ccc5cc(-c6ccc7ccccc7c6)ccc5c4)c3)nc(-c3ccc4ccccc4c3)n2)c([2H])c1[2H]. The van der Waals surface area contributed by atoms with Crippen LogP contribution in [-0.2, 0) is 0 Å². The van der Waals surface area contributed by atoms with E-state index >= 15 is 0 Å². The molecule has 0 N–H and O–H groups in total. The highest BCUT2D eigenvalue weighted by atomic mass is 15.0. The molecule has 0 radical (unpaired) electrons. The second-order valence-electron chi connectivity index (χ2n) is 24.0. The molecule has 0 saturated carbocycles. The molecular weight excluding hydrogens is 1190 g/mol. The third kappa shape index (κ3) is 12.2. The monoisotopic (exact) mass is 1260 g/mol. The van der Waals surface area contributed by atoms with Gasteiger partial charge in [0.05, 0.1) is 12.3 Å². The minimum absolute atomic E-state index is 0.00786. The van der Waals surface area contributed by atoms with Crippen molar-refractivity contribution in [3.63, 3.8) is 0 Å². The smallest absolute Gasteiger partial charge is 0.164 e. The lowest BCUT2D eigenvalue weighted by molar-refractivity contribution is 1.07. The van der Waals surface area contributed by atoms with Crippen molar-refractivity contribution in [1.29, 1.82) is 0 Å². The summed E-state index contributed by atoms with van der Waals surface area (Å²) in [6, 6.07) is 101. The molecule has 2 heterocycles. The molecule has 16 aromatic carbocycles. The molecule has 6 heteroatoms. The molecule has 458 valence electrons. The summed E-state index contributed by atoms with van der Waals surface area (Å²) in [5.41, 5.74) is 12.4. The van der Waals surface area contributed by atoms with Crippen LogP contribution < -0.4 is 0 Å². The summed E-state index contributed by atoms with van der Waals surface area (Å²) in [6.45, 7) is 0. The Hall–Kier alpha value is -13.2. The molecule has 0 atom stereocenters. The molecule has 2 aromatic heterocycles. The highest BCUT2D eigenvalue weighted by molar-refractivity contribution is 5.96. The Kier molecular flexibility index (Phi) is 13.1. The van der Waals surface area contributed by atoms with E-state index in [2.05, 4.69) is 133 Å². The van der Waals surface area contributed by atoms with E-state index in [1.807, 2.05) is 176 Å². The van der Waals surface area contributed by atoms with E-state index < -0.39 is 18.1 Å². The van der Waals surface area contributed by atoms with Gasteiger partial charge in [0.1, 0.15) is 0 Å². The Morgan fingerprint density at radius 2 is 0.408 bits per heavy atom. The predicted molar refractivity (Wildman–Crippen MR) is 407 cm³/mol. The van der Waals surface area contributed by atoms with Gasteiger partial charge in [0, 0.05) is 33.4 Å². The van der Waals surface area contributed by atoms with Gasteiger partial charge in [-0.1, -0.05) is 309 Å². The van der Waals surface area contributed by atoms with Gasteiger partial charge in [-0.2, -0.15) is 0 Å². The Labute approximate surface area is 580 Å². The molecule has 0 saturated heterocycles. The van der Waals surface area contributed by atoms with Crippen LogP contribution in [0, 0.1) is 0 Å². The Morgan fingerprint density at radius 1 is 0.153 bits per heavy atom.